The molecule has 110 valence electrons. The van der Waals surface area contributed by atoms with Crippen molar-refractivity contribution in [2.45, 2.75) is 45.2 Å². The van der Waals surface area contributed by atoms with Crippen LogP contribution in [0.15, 0.2) is 18.2 Å². The first-order chi connectivity index (χ1) is 9.61. The van der Waals surface area contributed by atoms with Crippen LogP contribution in [0.2, 0.25) is 0 Å². The smallest absolute Gasteiger partial charge is 0.122 e. The first-order valence-electron chi connectivity index (χ1n) is 7.40. The number of amidine groups is 1. The third-order valence-corrected chi connectivity index (χ3v) is 4.22. The van der Waals surface area contributed by atoms with E-state index < -0.39 is 0 Å². The molecule has 4 heteroatoms. The first kappa shape index (κ1) is 15.0. The van der Waals surface area contributed by atoms with Crippen LogP contribution in [0.5, 0.6) is 0 Å². The molecule has 0 amide bonds. The van der Waals surface area contributed by atoms with Crippen LogP contribution >= 0.6 is 0 Å². The second kappa shape index (κ2) is 6.86. The number of benzene rings is 1. The summed E-state index contributed by atoms with van der Waals surface area (Å²) in [7, 11) is 0. The maximum absolute atomic E-state index is 8.98. The van der Waals surface area contributed by atoms with E-state index in [9.17, 15) is 0 Å². The highest BCUT2D eigenvalue weighted by Gasteiger charge is 2.24. The van der Waals surface area contributed by atoms with Crippen LogP contribution in [0.4, 0.5) is 0 Å². The lowest BCUT2D eigenvalue weighted by atomic mass is 10.0. The zero-order chi connectivity index (χ0) is 14.5. The number of rotatable bonds is 6. The fourth-order valence-electron chi connectivity index (χ4n) is 3.02. The van der Waals surface area contributed by atoms with Crippen LogP contribution in [0, 0.1) is 12.3 Å². The highest BCUT2D eigenvalue weighted by Crippen LogP contribution is 2.24. The van der Waals surface area contributed by atoms with Gasteiger partial charge in [0.05, 0.1) is 0 Å². The molecule has 1 aromatic carbocycles. The van der Waals surface area contributed by atoms with E-state index in [0.29, 0.717) is 6.04 Å². The molecule has 0 spiro atoms. The van der Waals surface area contributed by atoms with Gasteiger partial charge in [-0.1, -0.05) is 12.1 Å². The molecule has 4 N–H and O–H groups in total. The van der Waals surface area contributed by atoms with Crippen LogP contribution in [-0.2, 0) is 6.54 Å². The van der Waals surface area contributed by atoms with E-state index in [1.807, 2.05) is 12.1 Å². The van der Waals surface area contributed by atoms with Gasteiger partial charge < -0.3 is 10.8 Å². The summed E-state index contributed by atoms with van der Waals surface area (Å²) in [6.07, 6.45) is 4.47. The van der Waals surface area contributed by atoms with Crippen LogP contribution in [0.25, 0.3) is 0 Å². The van der Waals surface area contributed by atoms with Crippen LogP contribution in [-0.4, -0.2) is 35.0 Å². The minimum absolute atomic E-state index is 0.127. The Hall–Kier alpha value is -1.39. The molecule has 0 saturated carbocycles. The summed E-state index contributed by atoms with van der Waals surface area (Å²) < 4.78 is 0. The molecule has 2 rings (SSSR count). The molecule has 4 nitrogen and oxygen atoms in total. The lowest BCUT2D eigenvalue weighted by Crippen LogP contribution is -2.29. The topological polar surface area (TPSA) is 73.3 Å². The second-order valence-corrected chi connectivity index (χ2v) is 5.69. The van der Waals surface area contributed by atoms with Crippen LogP contribution in [0.1, 0.15) is 42.4 Å². The van der Waals surface area contributed by atoms with Crippen molar-refractivity contribution in [1.29, 1.82) is 5.41 Å². The maximum atomic E-state index is 8.98. The van der Waals surface area contributed by atoms with Crippen molar-refractivity contribution in [3.8, 4) is 0 Å². The lowest BCUT2D eigenvalue weighted by molar-refractivity contribution is 0.210. The molecule has 1 atom stereocenters. The van der Waals surface area contributed by atoms with Crippen molar-refractivity contribution in [2.24, 2.45) is 5.73 Å². The van der Waals surface area contributed by atoms with E-state index >= 15 is 0 Å². The highest BCUT2D eigenvalue weighted by molar-refractivity contribution is 5.95. The average Bonchev–Trinajstić information content (AvgIpc) is 2.85. The van der Waals surface area contributed by atoms with Gasteiger partial charge in [0, 0.05) is 24.8 Å². The third kappa shape index (κ3) is 3.58. The van der Waals surface area contributed by atoms with E-state index in [1.165, 1.54) is 24.0 Å². The van der Waals surface area contributed by atoms with Crippen molar-refractivity contribution in [3.63, 3.8) is 0 Å². The predicted molar refractivity (Wildman–Crippen MR) is 81.9 cm³/mol. The Balaban J connectivity index is 2.03. The van der Waals surface area contributed by atoms with Gasteiger partial charge in [-0.05, 0) is 56.3 Å². The number of nitrogens with zero attached hydrogens (tertiary/aromatic N) is 1. The molecule has 1 aromatic rings. The van der Waals surface area contributed by atoms with Crippen molar-refractivity contribution in [1.82, 2.24) is 4.90 Å². The lowest BCUT2D eigenvalue weighted by Gasteiger charge is -2.25. The van der Waals surface area contributed by atoms with Crippen molar-refractivity contribution in [3.05, 3.63) is 34.9 Å². The first-order valence-corrected chi connectivity index (χ1v) is 7.40. The minimum Gasteiger partial charge on any atom is -0.396 e. The zero-order valence-corrected chi connectivity index (χ0v) is 12.2. The van der Waals surface area contributed by atoms with Gasteiger partial charge in [-0.2, -0.15) is 0 Å². The van der Waals surface area contributed by atoms with Crippen LogP contribution in [0.3, 0.4) is 0 Å². The van der Waals surface area contributed by atoms with Gasteiger partial charge in [0.25, 0.3) is 0 Å². The molecule has 1 aliphatic heterocycles. The number of nitrogens with two attached hydrogens (primary N) is 1. The van der Waals surface area contributed by atoms with Gasteiger partial charge in [0.15, 0.2) is 0 Å². The summed E-state index contributed by atoms with van der Waals surface area (Å²) >= 11 is 0. The van der Waals surface area contributed by atoms with Gasteiger partial charge in [-0.15, -0.1) is 0 Å². The molecule has 20 heavy (non-hydrogen) atoms. The Bertz CT molecular complexity index is 473. The second-order valence-electron chi connectivity index (χ2n) is 5.69. The third-order valence-electron chi connectivity index (χ3n) is 4.22. The van der Waals surface area contributed by atoms with Gasteiger partial charge >= 0.3 is 0 Å². The van der Waals surface area contributed by atoms with E-state index in [0.717, 1.165) is 31.5 Å². The van der Waals surface area contributed by atoms with Crippen LogP contribution < -0.4 is 5.73 Å². The van der Waals surface area contributed by atoms with Crippen molar-refractivity contribution >= 4 is 5.84 Å². The summed E-state index contributed by atoms with van der Waals surface area (Å²) in [6, 6.07) is 6.63. The Kier molecular flexibility index (Phi) is 5.15. The van der Waals surface area contributed by atoms with Crippen molar-refractivity contribution in [2.75, 3.05) is 13.2 Å². The number of nitrogens with one attached hydrogen (secondary N) is 1. The standard InChI is InChI=1S/C16H25N3O/c1-12-10-13(16(17)18)6-7-14(12)11-19-8-2-4-15(19)5-3-9-20/h6-7,10,15,20H,2-5,8-9,11H2,1H3,(H3,17,18). The largest absolute Gasteiger partial charge is 0.396 e. The average molecular weight is 275 g/mol. The van der Waals surface area contributed by atoms with Crippen molar-refractivity contribution < 1.29 is 5.11 Å². The number of aliphatic hydroxyl groups is 1. The summed E-state index contributed by atoms with van der Waals surface area (Å²) in [6.45, 7) is 4.47. The fraction of sp³-hybridized carbons (Fsp3) is 0.562. The van der Waals surface area contributed by atoms with E-state index in [-0.39, 0.29) is 12.4 Å². The number of hydrogen-bond acceptors (Lipinski definition) is 3. The highest BCUT2D eigenvalue weighted by atomic mass is 16.2. The van der Waals surface area contributed by atoms with E-state index in [4.69, 9.17) is 16.2 Å². The Labute approximate surface area is 121 Å². The van der Waals surface area contributed by atoms with E-state index in [1.54, 1.807) is 0 Å². The zero-order valence-electron chi connectivity index (χ0n) is 12.2. The molecular weight excluding hydrogens is 250 g/mol. The molecular formula is C16H25N3O. The number of hydrogen-bond donors (Lipinski definition) is 3. The molecule has 0 aliphatic carbocycles. The predicted octanol–water partition coefficient (Wildman–Crippen LogP) is 2.02. The Morgan fingerprint density at radius 1 is 1.50 bits per heavy atom. The summed E-state index contributed by atoms with van der Waals surface area (Å²) in [5.74, 6) is 0.127. The SMILES string of the molecule is Cc1cc(C(=N)N)ccc1CN1CCCC1CCCO. The monoisotopic (exact) mass is 275 g/mol. The van der Waals surface area contributed by atoms with E-state index in [2.05, 4.69) is 17.9 Å². The number of likely N-dealkylation sites (tertiary alicyclic amines) is 1. The quantitative estimate of drug-likeness (QED) is 0.549. The van der Waals surface area contributed by atoms with Gasteiger partial charge in [-0.3, -0.25) is 10.3 Å². The van der Waals surface area contributed by atoms with Gasteiger partial charge in [0.1, 0.15) is 5.84 Å². The fourth-order valence-corrected chi connectivity index (χ4v) is 3.02. The minimum atomic E-state index is 0.127. The Morgan fingerprint density at radius 3 is 2.95 bits per heavy atom. The molecule has 0 radical (unpaired) electrons. The normalized spacial score (nSPS) is 19.4. The number of nitrogen functional groups attached to an aromatic ring is 1. The number of aryl methyl sites for hydroxylation is 1. The molecule has 0 bridgehead atoms. The molecule has 1 fully saturated rings. The molecule has 1 heterocycles. The molecule has 0 aromatic heterocycles. The molecule has 1 unspecified atom stereocenters. The summed E-state index contributed by atoms with van der Waals surface area (Å²) in [5.41, 5.74) is 8.83. The van der Waals surface area contributed by atoms with Gasteiger partial charge in [0.2, 0.25) is 0 Å². The van der Waals surface area contributed by atoms with Gasteiger partial charge in [-0.25, -0.2) is 0 Å². The number of aliphatic hydroxyl groups excluding tert-OH is 1. The Morgan fingerprint density at radius 2 is 2.30 bits per heavy atom. The molecule has 1 aliphatic rings. The maximum Gasteiger partial charge on any atom is 0.122 e. The summed E-state index contributed by atoms with van der Waals surface area (Å²) in [4.78, 5) is 2.52. The summed E-state index contributed by atoms with van der Waals surface area (Å²) in [5, 5.41) is 16.5. The molecule has 1 saturated heterocycles.